The van der Waals surface area contributed by atoms with Gasteiger partial charge in [0.25, 0.3) is 0 Å². The van der Waals surface area contributed by atoms with Crippen LogP contribution in [0.25, 0.3) is 0 Å². The van der Waals surface area contributed by atoms with Gasteiger partial charge in [-0.1, -0.05) is 42.5 Å². The number of halogens is 1. The van der Waals surface area contributed by atoms with Crippen molar-refractivity contribution >= 4 is 24.2 Å². The van der Waals surface area contributed by atoms with Gasteiger partial charge in [0.15, 0.2) is 0 Å². The Bertz CT molecular complexity index is 545. The van der Waals surface area contributed by atoms with E-state index in [4.69, 9.17) is 10.2 Å². The Labute approximate surface area is 155 Å². The average molecular weight is 368 g/mol. The van der Waals surface area contributed by atoms with Crippen LogP contribution in [-0.4, -0.2) is 48.0 Å². The highest BCUT2D eigenvalue weighted by Gasteiger charge is 2.04. The fraction of sp³-hybridized carbons (Fsp3) is 0.368. The summed E-state index contributed by atoms with van der Waals surface area (Å²) < 4.78 is 0. The highest BCUT2D eigenvalue weighted by molar-refractivity contribution is 7.98. The standard InChI is InChI=1S/C19H25NO2S.ClH/c21-14-12-20(13-15-22)11-10-17-6-8-18(9-7-17)16-23-19-4-2-1-3-5-19;/h1-9,21-22H,10-16H2;1H. The molecule has 2 N–H and O–H groups in total. The maximum absolute atomic E-state index is 9.02. The summed E-state index contributed by atoms with van der Waals surface area (Å²) in [6.45, 7) is 2.36. The largest absolute Gasteiger partial charge is 0.395 e. The SMILES string of the molecule is Cl.OCCN(CCO)CCc1ccc(CSc2ccccc2)cc1. The van der Waals surface area contributed by atoms with Crippen LogP contribution in [0.1, 0.15) is 11.1 Å². The molecule has 0 aliphatic carbocycles. The summed E-state index contributed by atoms with van der Waals surface area (Å²) in [5, 5.41) is 18.0. The van der Waals surface area contributed by atoms with E-state index in [1.807, 2.05) is 17.8 Å². The quantitative estimate of drug-likeness (QED) is 0.633. The van der Waals surface area contributed by atoms with Crippen LogP contribution in [0.5, 0.6) is 0 Å². The molecule has 0 spiro atoms. The smallest absolute Gasteiger partial charge is 0.0558 e. The minimum atomic E-state index is 0. The number of thioether (sulfide) groups is 1. The summed E-state index contributed by atoms with van der Waals surface area (Å²) in [6, 6.07) is 19.2. The van der Waals surface area contributed by atoms with Gasteiger partial charge in [0.1, 0.15) is 0 Å². The van der Waals surface area contributed by atoms with Gasteiger partial charge in [-0.05, 0) is 29.7 Å². The van der Waals surface area contributed by atoms with E-state index in [-0.39, 0.29) is 25.6 Å². The number of hydrogen-bond acceptors (Lipinski definition) is 4. The van der Waals surface area contributed by atoms with Crippen molar-refractivity contribution in [3.63, 3.8) is 0 Å². The molecule has 24 heavy (non-hydrogen) atoms. The Morgan fingerprint density at radius 2 is 1.33 bits per heavy atom. The molecule has 2 rings (SSSR count). The minimum absolute atomic E-state index is 0. The fourth-order valence-electron chi connectivity index (χ4n) is 2.39. The number of aliphatic hydroxyl groups excluding tert-OH is 2. The molecule has 0 amide bonds. The lowest BCUT2D eigenvalue weighted by Crippen LogP contribution is -2.31. The van der Waals surface area contributed by atoms with Crippen molar-refractivity contribution < 1.29 is 10.2 Å². The summed E-state index contributed by atoms with van der Waals surface area (Å²) in [5.41, 5.74) is 2.62. The van der Waals surface area contributed by atoms with E-state index < -0.39 is 0 Å². The van der Waals surface area contributed by atoms with Crippen LogP contribution in [0, 0.1) is 0 Å². The third kappa shape index (κ3) is 7.69. The molecule has 0 aromatic heterocycles. The van der Waals surface area contributed by atoms with Gasteiger partial charge in [-0.2, -0.15) is 0 Å². The molecule has 0 heterocycles. The maximum atomic E-state index is 9.02. The van der Waals surface area contributed by atoms with E-state index in [0.29, 0.717) is 13.1 Å². The molecule has 0 aliphatic heterocycles. The number of hydrogen-bond donors (Lipinski definition) is 2. The number of benzene rings is 2. The van der Waals surface area contributed by atoms with Gasteiger partial charge in [-0.3, -0.25) is 4.90 Å². The molecular formula is C19H26ClNO2S. The first-order valence-corrected chi connectivity index (χ1v) is 9.00. The molecule has 2 aromatic carbocycles. The lowest BCUT2D eigenvalue weighted by molar-refractivity contribution is 0.162. The van der Waals surface area contributed by atoms with E-state index >= 15 is 0 Å². The summed E-state index contributed by atoms with van der Waals surface area (Å²) in [5.74, 6) is 0.978. The van der Waals surface area contributed by atoms with E-state index in [1.54, 1.807) is 0 Å². The van der Waals surface area contributed by atoms with Crippen LogP contribution in [0.2, 0.25) is 0 Å². The topological polar surface area (TPSA) is 43.7 Å². The molecule has 0 saturated carbocycles. The van der Waals surface area contributed by atoms with Crippen LogP contribution < -0.4 is 0 Å². The molecule has 132 valence electrons. The minimum Gasteiger partial charge on any atom is -0.395 e. The Hall–Kier alpha value is -1.04. The highest BCUT2D eigenvalue weighted by Crippen LogP contribution is 2.22. The summed E-state index contributed by atoms with van der Waals surface area (Å²) in [6.07, 6.45) is 0.937. The number of aliphatic hydroxyl groups is 2. The predicted molar refractivity (Wildman–Crippen MR) is 104 cm³/mol. The van der Waals surface area contributed by atoms with Crippen molar-refractivity contribution in [1.29, 1.82) is 0 Å². The second kappa shape index (κ2) is 12.3. The second-order valence-corrected chi connectivity index (χ2v) is 6.51. The summed E-state index contributed by atoms with van der Waals surface area (Å²) in [4.78, 5) is 3.37. The zero-order chi connectivity index (χ0) is 16.3. The second-order valence-electron chi connectivity index (χ2n) is 5.46. The van der Waals surface area contributed by atoms with Crippen LogP contribution in [0.3, 0.4) is 0 Å². The fourth-order valence-corrected chi connectivity index (χ4v) is 3.27. The lowest BCUT2D eigenvalue weighted by atomic mass is 10.1. The molecule has 0 unspecified atom stereocenters. The van der Waals surface area contributed by atoms with Gasteiger partial charge in [0.05, 0.1) is 13.2 Å². The first kappa shape index (κ1) is 21.0. The van der Waals surface area contributed by atoms with Crippen molar-refractivity contribution in [2.45, 2.75) is 17.1 Å². The lowest BCUT2D eigenvalue weighted by Gasteiger charge is -2.19. The first-order valence-electron chi connectivity index (χ1n) is 8.01. The predicted octanol–water partition coefficient (Wildman–Crippen LogP) is 3.23. The van der Waals surface area contributed by atoms with Crippen molar-refractivity contribution in [1.82, 2.24) is 4.90 Å². The van der Waals surface area contributed by atoms with Crippen LogP contribution in [-0.2, 0) is 12.2 Å². The van der Waals surface area contributed by atoms with Gasteiger partial charge < -0.3 is 10.2 Å². The zero-order valence-electron chi connectivity index (χ0n) is 13.8. The van der Waals surface area contributed by atoms with Crippen molar-refractivity contribution in [3.8, 4) is 0 Å². The Kier molecular flexibility index (Phi) is 10.8. The molecule has 0 aliphatic rings. The van der Waals surface area contributed by atoms with Gasteiger partial charge in [0, 0.05) is 30.3 Å². The van der Waals surface area contributed by atoms with Crippen LogP contribution in [0.4, 0.5) is 0 Å². The van der Waals surface area contributed by atoms with E-state index in [2.05, 4.69) is 53.4 Å². The van der Waals surface area contributed by atoms with Gasteiger partial charge in [-0.25, -0.2) is 0 Å². The summed E-state index contributed by atoms with van der Waals surface area (Å²) >= 11 is 1.85. The third-order valence-corrected chi connectivity index (χ3v) is 4.80. The normalized spacial score (nSPS) is 10.6. The Morgan fingerprint density at radius 1 is 0.750 bits per heavy atom. The molecule has 0 radical (unpaired) electrons. The first-order chi connectivity index (χ1) is 11.3. The van der Waals surface area contributed by atoms with Crippen molar-refractivity contribution in [2.24, 2.45) is 0 Å². The number of nitrogens with zero attached hydrogens (tertiary/aromatic N) is 1. The molecule has 5 heteroatoms. The molecule has 2 aromatic rings. The zero-order valence-corrected chi connectivity index (χ0v) is 15.4. The molecule has 0 bridgehead atoms. The van der Waals surface area contributed by atoms with E-state index in [9.17, 15) is 0 Å². The van der Waals surface area contributed by atoms with Gasteiger partial charge >= 0.3 is 0 Å². The highest BCUT2D eigenvalue weighted by atomic mass is 35.5. The Morgan fingerprint density at radius 3 is 1.92 bits per heavy atom. The monoisotopic (exact) mass is 367 g/mol. The Balaban J connectivity index is 0.00000288. The van der Waals surface area contributed by atoms with Crippen molar-refractivity contribution in [3.05, 3.63) is 65.7 Å². The molecule has 0 fully saturated rings. The van der Waals surface area contributed by atoms with Crippen LogP contribution >= 0.6 is 24.2 Å². The third-order valence-electron chi connectivity index (χ3n) is 3.72. The number of rotatable bonds is 10. The average Bonchev–Trinajstić information content (AvgIpc) is 2.60. The van der Waals surface area contributed by atoms with Crippen LogP contribution in [0.15, 0.2) is 59.5 Å². The van der Waals surface area contributed by atoms with Gasteiger partial charge in [-0.15, -0.1) is 24.2 Å². The molecule has 3 nitrogen and oxygen atoms in total. The maximum Gasteiger partial charge on any atom is 0.0558 e. The van der Waals surface area contributed by atoms with E-state index in [0.717, 1.165) is 18.7 Å². The molecule has 0 saturated heterocycles. The summed E-state index contributed by atoms with van der Waals surface area (Å²) in [7, 11) is 0. The molecular weight excluding hydrogens is 342 g/mol. The van der Waals surface area contributed by atoms with Gasteiger partial charge in [0.2, 0.25) is 0 Å². The van der Waals surface area contributed by atoms with Crippen molar-refractivity contribution in [2.75, 3.05) is 32.8 Å². The molecule has 0 atom stereocenters. The van der Waals surface area contributed by atoms with E-state index in [1.165, 1.54) is 16.0 Å².